The number of nitrogens with zero attached hydrogens (tertiary/aromatic N) is 4. The molecule has 0 saturated carbocycles. The lowest BCUT2D eigenvalue weighted by molar-refractivity contribution is -0.151. The number of amides is 1. The monoisotopic (exact) mass is 346 g/mol. The fourth-order valence-corrected chi connectivity index (χ4v) is 2.86. The van der Waals surface area contributed by atoms with E-state index in [9.17, 15) is 14.4 Å². The topological polar surface area (TPSA) is 105 Å². The first-order valence-corrected chi connectivity index (χ1v) is 8.31. The Morgan fingerprint density at radius 3 is 2.52 bits per heavy atom. The number of carbonyl (C=O) groups excluding carboxylic acids is 2. The van der Waals surface area contributed by atoms with Crippen molar-refractivity contribution in [1.82, 2.24) is 14.7 Å². The molecular weight excluding hydrogens is 324 g/mol. The van der Waals surface area contributed by atoms with Gasteiger partial charge in [0.05, 0.1) is 18.2 Å². The van der Waals surface area contributed by atoms with E-state index in [-0.39, 0.29) is 29.9 Å². The summed E-state index contributed by atoms with van der Waals surface area (Å²) in [6, 6.07) is 1.88. The van der Waals surface area contributed by atoms with Crippen LogP contribution in [0.25, 0.3) is 0 Å². The van der Waals surface area contributed by atoms with Crippen LogP contribution in [-0.2, 0) is 20.9 Å². The van der Waals surface area contributed by atoms with E-state index in [1.54, 1.807) is 25.7 Å². The van der Waals surface area contributed by atoms with Gasteiger partial charge in [-0.3, -0.25) is 14.4 Å². The molecule has 2 rings (SSSR count). The van der Waals surface area contributed by atoms with E-state index in [1.165, 1.54) is 0 Å². The highest BCUT2D eigenvalue weighted by molar-refractivity contribution is 5.77. The van der Waals surface area contributed by atoms with Gasteiger partial charge in [-0.15, -0.1) is 0 Å². The van der Waals surface area contributed by atoms with Gasteiger partial charge in [0.15, 0.2) is 0 Å². The largest absolute Gasteiger partial charge is 0.466 e. The zero-order valence-electron chi connectivity index (χ0n) is 14.7. The third-order valence-corrected chi connectivity index (χ3v) is 4.50. The number of aromatic nitrogens is 2. The molecule has 0 radical (unpaired) electrons. The zero-order valence-corrected chi connectivity index (χ0v) is 14.7. The van der Waals surface area contributed by atoms with Crippen LogP contribution in [0.2, 0.25) is 0 Å². The molecule has 25 heavy (non-hydrogen) atoms. The average molecular weight is 346 g/mol. The van der Waals surface area contributed by atoms with Crippen molar-refractivity contribution >= 4 is 11.9 Å². The molecule has 0 atom stereocenters. The Kier molecular flexibility index (Phi) is 5.91. The van der Waals surface area contributed by atoms with Crippen molar-refractivity contribution in [2.45, 2.75) is 40.2 Å². The molecule has 0 aliphatic carbocycles. The fourth-order valence-electron chi connectivity index (χ4n) is 2.86. The normalized spacial score (nSPS) is 14.9. The van der Waals surface area contributed by atoms with Crippen molar-refractivity contribution in [3.05, 3.63) is 27.2 Å². The summed E-state index contributed by atoms with van der Waals surface area (Å²) in [5.74, 6) is -0.652. The highest BCUT2D eigenvalue weighted by Gasteiger charge is 2.28. The molecule has 0 unspecified atom stereocenters. The smallest absolute Gasteiger partial charge is 0.309 e. The van der Waals surface area contributed by atoms with Gasteiger partial charge in [0.25, 0.3) is 5.56 Å². The highest BCUT2D eigenvalue weighted by atomic mass is 16.5. The Bertz CT molecular complexity index is 770. The Morgan fingerprint density at radius 1 is 1.32 bits per heavy atom. The molecule has 1 amide bonds. The van der Waals surface area contributed by atoms with Crippen LogP contribution in [0.15, 0.2) is 4.79 Å². The second-order valence-corrected chi connectivity index (χ2v) is 6.07. The number of hydrogen-bond donors (Lipinski definition) is 0. The maximum atomic E-state index is 12.4. The first-order chi connectivity index (χ1) is 11.9. The average Bonchev–Trinajstić information content (AvgIpc) is 2.60. The van der Waals surface area contributed by atoms with Gasteiger partial charge in [0.2, 0.25) is 5.91 Å². The second kappa shape index (κ2) is 7.92. The van der Waals surface area contributed by atoms with E-state index >= 15 is 0 Å². The van der Waals surface area contributed by atoms with Gasteiger partial charge in [-0.1, -0.05) is 0 Å². The lowest BCUT2D eigenvalue weighted by atomic mass is 9.97. The quantitative estimate of drug-likeness (QED) is 0.737. The van der Waals surface area contributed by atoms with Crippen molar-refractivity contribution < 1.29 is 14.3 Å². The van der Waals surface area contributed by atoms with Crippen molar-refractivity contribution in [2.24, 2.45) is 5.92 Å². The Morgan fingerprint density at radius 2 is 1.96 bits per heavy atom. The first-order valence-electron chi connectivity index (χ1n) is 8.31. The van der Waals surface area contributed by atoms with Crippen LogP contribution in [0.1, 0.15) is 36.6 Å². The third-order valence-electron chi connectivity index (χ3n) is 4.50. The number of carbonyl (C=O) groups is 2. The minimum atomic E-state index is -0.555. The van der Waals surface area contributed by atoms with Crippen LogP contribution in [0.5, 0.6) is 0 Å². The van der Waals surface area contributed by atoms with E-state index in [0.717, 1.165) is 4.68 Å². The molecule has 0 spiro atoms. The lowest BCUT2D eigenvalue weighted by Crippen LogP contribution is -2.43. The molecular formula is C17H22N4O4. The van der Waals surface area contributed by atoms with E-state index in [4.69, 9.17) is 10.00 Å². The van der Waals surface area contributed by atoms with Crippen molar-refractivity contribution in [3.8, 4) is 6.07 Å². The molecule has 1 fully saturated rings. The molecule has 0 N–H and O–H groups in total. The first kappa shape index (κ1) is 18.6. The van der Waals surface area contributed by atoms with Gasteiger partial charge in [-0.05, 0) is 39.2 Å². The summed E-state index contributed by atoms with van der Waals surface area (Å²) in [5, 5.41) is 13.2. The van der Waals surface area contributed by atoms with Gasteiger partial charge in [-0.25, -0.2) is 4.68 Å². The lowest BCUT2D eigenvalue weighted by Gasteiger charge is -2.31. The van der Waals surface area contributed by atoms with Gasteiger partial charge < -0.3 is 9.64 Å². The molecule has 1 aliphatic heterocycles. The van der Waals surface area contributed by atoms with Crippen molar-refractivity contribution in [2.75, 3.05) is 19.7 Å². The van der Waals surface area contributed by atoms with E-state index in [2.05, 4.69) is 5.10 Å². The second-order valence-electron chi connectivity index (χ2n) is 6.07. The summed E-state index contributed by atoms with van der Waals surface area (Å²) in [7, 11) is 0. The SMILES string of the molecule is CCOC(=O)C1CCN(C(=O)Cn2nc(C)c(C)c(C#N)c2=O)CC1. The predicted molar refractivity (Wildman–Crippen MR) is 88.6 cm³/mol. The summed E-state index contributed by atoms with van der Waals surface area (Å²) >= 11 is 0. The molecule has 8 heteroatoms. The van der Waals surface area contributed by atoms with E-state index in [1.807, 2.05) is 6.07 Å². The molecule has 0 bridgehead atoms. The number of likely N-dealkylation sites (tertiary alicyclic amines) is 1. The van der Waals surface area contributed by atoms with Crippen LogP contribution in [0, 0.1) is 31.1 Å². The standard InChI is InChI=1S/C17H22N4O4/c1-4-25-17(24)13-5-7-20(8-6-13)15(22)10-21-16(23)14(9-18)11(2)12(3)19-21/h13H,4-8,10H2,1-3H3. The summed E-state index contributed by atoms with van der Waals surface area (Å²) in [4.78, 5) is 38.1. The Hall–Kier alpha value is -2.69. The molecule has 1 aliphatic rings. The molecule has 1 aromatic heterocycles. The minimum Gasteiger partial charge on any atom is -0.466 e. The number of piperidine rings is 1. The minimum absolute atomic E-state index is 0.0151. The number of hydrogen-bond acceptors (Lipinski definition) is 6. The molecule has 2 heterocycles. The van der Waals surface area contributed by atoms with Crippen LogP contribution in [0.4, 0.5) is 0 Å². The molecule has 134 valence electrons. The molecule has 8 nitrogen and oxygen atoms in total. The predicted octanol–water partition coefficient (Wildman–Crippen LogP) is 0.534. The highest BCUT2D eigenvalue weighted by Crippen LogP contribution is 2.19. The zero-order chi connectivity index (χ0) is 18.6. The summed E-state index contributed by atoms with van der Waals surface area (Å²) in [5.41, 5.74) is 0.540. The number of rotatable bonds is 4. The van der Waals surface area contributed by atoms with Crippen LogP contribution < -0.4 is 5.56 Å². The maximum absolute atomic E-state index is 12.4. The van der Waals surface area contributed by atoms with Crippen LogP contribution in [-0.4, -0.2) is 46.3 Å². The van der Waals surface area contributed by atoms with Gasteiger partial charge >= 0.3 is 5.97 Å². The van der Waals surface area contributed by atoms with Crippen molar-refractivity contribution in [3.63, 3.8) is 0 Å². The molecule has 1 saturated heterocycles. The van der Waals surface area contributed by atoms with E-state index in [0.29, 0.717) is 43.8 Å². The van der Waals surface area contributed by atoms with Gasteiger partial charge in [0, 0.05) is 13.1 Å². The summed E-state index contributed by atoms with van der Waals surface area (Å²) in [6.07, 6.45) is 1.09. The van der Waals surface area contributed by atoms with Crippen LogP contribution >= 0.6 is 0 Å². The Balaban J connectivity index is 2.05. The summed E-state index contributed by atoms with van der Waals surface area (Å²) in [6.45, 7) is 6.13. The number of esters is 1. The van der Waals surface area contributed by atoms with E-state index < -0.39 is 5.56 Å². The van der Waals surface area contributed by atoms with Gasteiger partial charge in [-0.2, -0.15) is 10.4 Å². The number of ether oxygens (including phenoxy) is 1. The number of nitriles is 1. The fraction of sp³-hybridized carbons (Fsp3) is 0.588. The van der Waals surface area contributed by atoms with Crippen LogP contribution in [0.3, 0.4) is 0 Å². The van der Waals surface area contributed by atoms with Crippen molar-refractivity contribution in [1.29, 1.82) is 5.26 Å². The molecule has 1 aromatic rings. The van der Waals surface area contributed by atoms with Gasteiger partial charge in [0.1, 0.15) is 18.2 Å². The third kappa shape index (κ3) is 4.05. The maximum Gasteiger partial charge on any atom is 0.309 e. The summed E-state index contributed by atoms with van der Waals surface area (Å²) < 4.78 is 6.05. The molecule has 0 aromatic carbocycles. The number of aryl methyl sites for hydroxylation is 1. The Labute approximate surface area is 146 Å².